The summed E-state index contributed by atoms with van der Waals surface area (Å²) in [4.78, 5) is 0. The Kier molecular flexibility index (Phi) is 4.65. The van der Waals surface area contributed by atoms with E-state index < -0.39 is 0 Å². The fraction of sp³-hybridized carbons (Fsp3) is 0.188. The van der Waals surface area contributed by atoms with E-state index in [4.69, 9.17) is 10.00 Å². The molecule has 0 atom stereocenters. The fourth-order valence-electron chi connectivity index (χ4n) is 1.84. The molecule has 2 rings (SSSR count). The molecule has 0 amide bonds. The second-order valence-electron chi connectivity index (χ2n) is 4.46. The van der Waals surface area contributed by atoms with Crippen molar-refractivity contribution in [2.45, 2.75) is 13.5 Å². The van der Waals surface area contributed by atoms with Gasteiger partial charge in [-0.05, 0) is 42.3 Å². The van der Waals surface area contributed by atoms with Crippen molar-refractivity contribution in [2.75, 3.05) is 12.4 Å². The molecule has 0 saturated heterocycles. The molecule has 2 aromatic rings. The standard InChI is InChI=1S/C16H15BrN2O/c1-11-3-6-14(8-15(11)17)19-10-12-4-5-13(9-18)16(7-12)20-2/h3-8,19H,10H2,1-2H3. The summed E-state index contributed by atoms with van der Waals surface area (Å²) in [5, 5.41) is 12.3. The van der Waals surface area contributed by atoms with Gasteiger partial charge in [0.15, 0.2) is 0 Å². The van der Waals surface area contributed by atoms with Gasteiger partial charge in [-0.15, -0.1) is 0 Å². The predicted molar refractivity (Wildman–Crippen MR) is 83.9 cm³/mol. The van der Waals surface area contributed by atoms with E-state index >= 15 is 0 Å². The van der Waals surface area contributed by atoms with E-state index in [-0.39, 0.29) is 0 Å². The number of nitriles is 1. The highest BCUT2D eigenvalue weighted by atomic mass is 79.9. The number of aryl methyl sites for hydroxylation is 1. The normalized spacial score (nSPS) is 9.90. The summed E-state index contributed by atoms with van der Waals surface area (Å²) < 4.78 is 6.29. The Bertz CT molecular complexity index is 662. The molecule has 0 saturated carbocycles. The smallest absolute Gasteiger partial charge is 0.136 e. The first-order chi connectivity index (χ1) is 9.63. The first-order valence-electron chi connectivity index (χ1n) is 6.21. The summed E-state index contributed by atoms with van der Waals surface area (Å²) in [5.41, 5.74) is 3.87. The average Bonchev–Trinajstić information content (AvgIpc) is 2.48. The first-order valence-corrected chi connectivity index (χ1v) is 7.00. The Balaban J connectivity index is 2.11. The van der Waals surface area contributed by atoms with Crippen LogP contribution in [-0.4, -0.2) is 7.11 Å². The molecular formula is C16H15BrN2O. The molecule has 4 heteroatoms. The first kappa shape index (κ1) is 14.4. The molecule has 20 heavy (non-hydrogen) atoms. The van der Waals surface area contributed by atoms with Gasteiger partial charge in [-0.3, -0.25) is 0 Å². The third kappa shape index (κ3) is 3.31. The number of hydrogen-bond acceptors (Lipinski definition) is 3. The Morgan fingerprint density at radius 3 is 2.70 bits per heavy atom. The van der Waals surface area contributed by atoms with E-state index in [2.05, 4.69) is 46.4 Å². The van der Waals surface area contributed by atoms with Gasteiger partial charge in [0.1, 0.15) is 11.8 Å². The lowest BCUT2D eigenvalue weighted by molar-refractivity contribution is 0.413. The average molecular weight is 331 g/mol. The van der Waals surface area contributed by atoms with Crippen LogP contribution >= 0.6 is 15.9 Å². The molecule has 102 valence electrons. The van der Waals surface area contributed by atoms with Crippen LogP contribution in [-0.2, 0) is 6.54 Å². The minimum atomic E-state index is 0.550. The molecule has 0 aliphatic carbocycles. The monoisotopic (exact) mass is 330 g/mol. The molecule has 0 aliphatic heterocycles. The largest absolute Gasteiger partial charge is 0.495 e. The van der Waals surface area contributed by atoms with Gasteiger partial charge in [0.2, 0.25) is 0 Å². The molecule has 0 aromatic heterocycles. The Hall–Kier alpha value is -1.99. The second kappa shape index (κ2) is 6.44. The zero-order chi connectivity index (χ0) is 14.5. The molecular weight excluding hydrogens is 316 g/mol. The van der Waals surface area contributed by atoms with Gasteiger partial charge >= 0.3 is 0 Å². The van der Waals surface area contributed by atoms with Gasteiger partial charge in [0.25, 0.3) is 0 Å². The topological polar surface area (TPSA) is 45.0 Å². The lowest BCUT2D eigenvalue weighted by Gasteiger charge is -2.10. The van der Waals surface area contributed by atoms with Crippen LogP contribution in [0.4, 0.5) is 5.69 Å². The molecule has 3 nitrogen and oxygen atoms in total. The molecule has 0 fully saturated rings. The van der Waals surface area contributed by atoms with Crippen molar-refractivity contribution in [2.24, 2.45) is 0 Å². The number of hydrogen-bond donors (Lipinski definition) is 1. The summed E-state index contributed by atoms with van der Waals surface area (Å²) in [7, 11) is 1.57. The van der Waals surface area contributed by atoms with Gasteiger partial charge in [-0.2, -0.15) is 5.26 Å². The highest BCUT2D eigenvalue weighted by Gasteiger charge is 2.04. The SMILES string of the molecule is COc1cc(CNc2ccc(C)c(Br)c2)ccc1C#N. The van der Waals surface area contributed by atoms with Gasteiger partial charge in [0.05, 0.1) is 12.7 Å². The number of anilines is 1. The highest BCUT2D eigenvalue weighted by molar-refractivity contribution is 9.10. The van der Waals surface area contributed by atoms with Crippen molar-refractivity contribution in [3.8, 4) is 11.8 Å². The van der Waals surface area contributed by atoms with Crippen molar-refractivity contribution in [1.29, 1.82) is 5.26 Å². The van der Waals surface area contributed by atoms with Gasteiger partial charge < -0.3 is 10.1 Å². The molecule has 0 aliphatic rings. The van der Waals surface area contributed by atoms with E-state index in [0.717, 1.165) is 15.7 Å². The van der Waals surface area contributed by atoms with E-state index in [1.54, 1.807) is 13.2 Å². The molecule has 0 radical (unpaired) electrons. The molecule has 2 aromatic carbocycles. The van der Waals surface area contributed by atoms with Gasteiger partial charge in [0, 0.05) is 16.7 Å². The fourth-order valence-corrected chi connectivity index (χ4v) is 2.22. The van der Waals surface area contributed by atoms with Crippen LogP contribution in [0.5, 0.6) is 5.75 Å². The summed E-state index contributed by atoms with van der Waals surface area (Å²) in [6.07, 6.45) is 0. The predicted octanol–water partition coefficient (Wildman–Crippen LogP) is 4.25. The van der Waals surface area contributed by atoms with Crippen LogP contribution in [0.15, 0.2) is 40.9 Å². The van der Waals surface area contributed by atoms with Crippen LogP contribution in [0.1, 0.15) is 16.7 Å². The minimum absolute atomic E-state index is 0.550. The third-order valence-electron chi connectivity index (χ3n) is 3.05. The molecule has 0 unspecified atom stereocenters. The quantitative estimate of drug-likeness (QED) is 0.911. The zero-order valence-corrected chi connectivity index (χ0v) is 13.0. The van der Waals surface area contributed by atoms with E-state index in [1.807, 2.05) is 18.2 Å². The Morgan fingerprint density at radius 2 is 2.05 bits per heavy atom. The van der Waals surface area contributed by atoms with Gasteiger partial charge in [-0.1, -0.05) is 28.1 Å². The number of benzene rings is 2. The van der Waals surface area contributed by atoms with Crippen molar-refractivity contribution in [3.05, 3.63) is 57.6 Å². The Morgan fingerprint density at radius 1 is 1.25 bits per heavy atom. The molecule has 0 heterocycles. The number of nitrogens with zero attached hydrogens (tertiary/aromatic N) is 1. The minimum Gasteiger partial charge on any atom is -0.495 e. The summed E-state index contributed by atoms with van der Waals surface area (Å²) in [6.45, 7) is 2.73. The van der Waals surface area contributed by atoms with Crippen molar-refractivity contribution >= 4 is 21.6 Å². The number of halogens is 1. The molecule has 1 N–H and O–H groups in total. The lowest BCUT2D eigenvalue weighted by Crippen LogP contribution is -2.00. The van der Waals surface area contributed by atoms with E-state index in [9.17, 15) is 0 Å². The van der Waals surface area contributed by atoms with E-state index in [1.165, 1.54) is 5.56 Å². The number of ether oxygens (including phenoxy) is 1. The maximum atomic E-state index is 8.95. The van der Waals surface area contributed by atoms with E-state index in [0.29, 0.717) is 17.9 Å². The molecule has 0 bridgehead atoms. The van der Waals surface area contributed by atoms with Crippen LogP contribution < -0.4 is 10.1 Å². The van der Waals surface area contributed by atoms with Crippen molar-refractivity contribution in [1.82, 2.24) is 0 Å². The Labute approximate surface area is 127 Å². The summed E-state index contributed by atoms with van der Waals surface area (Å²) >= 11 is 3.52. The maximum absolute atomic E-state index is 8.95. The van der Waals surface area contributed by atoms with Crippen LogP contribution in [0.2, 0.25) is 0 Å². The van der Waals surface area contributed by atoms with Gasteiger partial charge in [-0.25, -0.2) is 0 Å². The van der Waals surface area contributed by atoms with Crippen LogP contribution in [0, 0.1) is 18.3 Å². The molecule has 0 spiro atoms. The third-order valence-corrected chi connectivity index (χ3v) is 3.91. The van der Waals surface area contributed by atoms with Crippen LogP contribution in [0.3, 0.4) is 0 Å². The lowest BCUT2D eigenvalue weighted by atomic mass is 10.1. The van der Waals surface area contributed by atoms with Crippen LogP contribution in [0.25, 0.3) is 0 Å². The second-order valence-corrected chi connectivity index (χ2v) is 5.32. The maximum Gasteiger partial charge on any atom is 0.136 e. The summed E-state index contributed by atoms with van der Waals surface area (Å²) in [5.74, 6) is 0.608. The number of rotatable bonds is 4. The number of methoxy groups -OCH3 is 1. The highest BCUT2D eigenvalue weighted by Crippen LogP contribution is 2.23. The van der Waals surface area contributed by atoms with Crippen molar-refractivity contribution in [3.63, 3.8) is 0 Å². The zero-order valence-electron chi connectivity index (χ0n) is 11.4. The number of nitrogens with one attached hydrogen (secondary N) is 1. The van der Waals surface area contributed by atoms with Crippen molar-refractivity contribution < 1.29 is 4.74 Å². The summed E-state index contributed by atoms with van der Waals surface area (Å²) in [6, 6.07) is 13.9.